The summed E-state index contributed by atoms with van der Waals surface area (Å²) in [6, 6.07) is 17.8. The van der Waals surface area contributed by atoms with Gasteiger partial charge in [-0.05, 0) is 37.0 Å². The van der Waals surface area contributed by atoms with Crippen LogP contribution < -0.4 is 4.74 Å². The van der Waals surface area contributed by atoms with Gasteiger partial charge in [-0.15, -0.1) is 0 Å². The van der Waals surface area contributed by atoms with E-state index in [0.29, 0.717) is 10.8 Å². The standard InChI is InChI=1S/C19H20ClNO2/c20-17-10-4-5-11-18(17)23-14-19(22)21-12-6-9-16(21)13-15-7-2-1-3-8-15/h1-5,7-8,10-11,16H,6,9,12-14H2. The van der Waals surface area contributed by atoms with Gasteiger partial charge in [0.05, 0.1) is 5.02 Å². The topological polar surface area (TPSA) is 29.5 Å². The number of halogens is 1. The molecule has 1 aliphatic rings. The Balaban J connectivity index is 1.59. The third kappa shape index (κ3) is 4.05. The summed E-state index contributed by atoms with van der Waals surface area (Å²) in [5.74, 6) is 0.588. The third-order valence-electron chi connectivity index (χ3n) is 4.20. The third-order valence-corrected chi connectivity index (χ3v) is 4.51. The van der Waals surface area contributed by atoms with E-state index in [-0.39, 0.29) is 18.6 Å². The predicted molar refractivity (Wildman–Crippen MR) is 91.8 cm³/mol. The summed E-state index contributed by atoms with van der Waals surface area (Å²) < 4.78 is 5.59. The van der Waals surface area contributed by atoms with Crippen molar-refractivity contribution in [3.63, 3.8) is 0 Å². The zero-order chi connectivity index (χ0) is 16.1. The minimum atomic E-state index is 0.0309. The molecular weight excluding hydrogens is 310 g/mol. The molecule has 1 fully saturated rings. The maximum absolute atomic E-state index is 12.5. The van der Waals surface area contributed by atoms with E-state index in [0.717, 1.165) is 25.8 Å². The zero-order valence-electron chi connectivity index (χ0n) is 13.0. The number of amides is 1. The predicted octanol–water partition coefficient (Wildman–Crippen LogP) is 3.95. The number of carbonyl (C=O) groups excluding carboxylic acids is 1. The van der Waals surface area contributed by atoms with E-state index in [4.69, 9.17) is 16.3 Å². The first-order chi connectivity index (χ1) is 11.2. The summed E-state index contributed by atoms with van der Waals surface area (Å²) in [5, 5.41) is 0.530. The summed E-state index contributed by atoms with van der Waals surface area (Å²) in [6.45, 7) is 0.844. The molecule has 0 aliphatic carbocycles. The molecule has 3 nitrogen and oxygen atoms in total. The van der Waals surface area contributed by atoms with Crippen LogP contribution in [0.5, 0.6) is 5.75 Å². The van der Waals surface area contributed by atoms with Crippen LogP contribution in [0.3, 0.4) is 0 Å². The van der Waals surface area contributed by atoms with Crippen molar-refractivity contribution in [2.75, 3.05) is 13.2 Å². The van der Waals surface area contributed by atoms with Crippen molar-refractivity contribution in [1.29, 1.82) is 0 Å². The molecule has 0 radical (unpaired) electrons. The van der Waals surface area contributed by atoms with E-state index in [1.54, 1.807) is 12.1 Å². The Morgan fingerprint density at radius 2 is 1.87 bits per heavy atom. The SMILES string of the molecule is O=C(COc1ccccc1Cl)N1CCCC1Cc1ccccc1. The highest BCUT2D eigenvalue weighted by Gasteiger charge is 2.28. The van der Waals surface area contributed by atoms with Gasteiger partial charge in [0.2, 0.25) is 0 Å². The largest absolute Gasteiger partial charge is 0.482 e. The van der Waals surface area contributed by atoms with E-state index in [1.807, 2.05) is 35.2 Å². The van der Waals surface area contributed by atoms with Gasteiger partial charge in [0.1, 0.15) is 5.75 Å². The molecule has 0 N–H and O–H groups in total. The van der Waals surface area contributed by atoms with Crippen LogP contribution in [0.1, 0.15) is 18.4 Å². The number of ether oxygens (including phenoxy) is 1. The molecule has 120 valence electrons. The lowest BCUT2D eigenvalue weighted by Gasteiger charge is -2.25. The van der Waals surface area contributed by atoms with Gasteiger partial charge >= 0.3 is 0 Å². The molecule has 2 aromatic rings. The first kappa shape index (κ1) is 15.9. The number of hydrogen-bond acceptors (Lipinski definition) is 2. The van der Waals surface area contributed by atoms with Crippen LogP contribution >= 0.6 is 11.6 Å². The highest BCUT2D eigenvalue weighted by molar-refractivity contribution is 6.32. The Labute approximate surface area is 141 Å². The smallest absolute Gasteiger partial charge is 0.260 e. The van der Waals surface area contributed by atoms with Crippen molar-refractivity contribution in [3.05, 3.63) is 65.2 Å². The molecule has 23 heavy (non-hydrogen) atoms. The van der Waals surface area contributed by atoms with Crippen LogP contribution in [0, 0.1) is 0 Å². The lowest BCUT2D eigenvalue weighted by Crippen LogP contribution is -2.39. The molecule has 1 amide bonds. The van der Waals surface area contributed by atoms with Crippen LogP contribution in [0.2, 0.25) is 5.02 Å². The molecule has 4 heteroatoms. The normalized spacial score (nSPS) is 17.3. The van der Waals surface area contributed by atoms with Gasteiger partial charge < -0.3 is 9.64 Å². The molecule has 0 bridgehead atoms. The van der Waals surface area contributed by atoms with Crippen LogP contribution in [0.15, 0.2) is 54.6 Å². The first-order valence-electron chi connectivity index (χ1n) is 7.95. The second-order valence-corrected chi connectivity index (χ2v) is 6.20. The van der Waals surface area contributed by atoms with E-state index < -0.39 is 0 Å². The second kappa shape index (κ2) is 7.51. The zero-order valence-corrected chi connectivity index (χ0v) is 13.7. The van der Waals surface area contributed by atoms with Crippen LogP contribution in [-0.2, 0) is 11.2 Å². The fourth-order valence-electron chi connectivity index (χ4n) is 3.05. The molecular formula is C19H20ClNO2. The van der Waals surface area contributed by atoms with Crippen molar-refractivity contribution >= 4 is 17.5 Å². The van der Waals surface area contributed by atoms with Gasteiger partial charge in [0.25, 0.3) is 5.91 Å². The summed E-state index contributed by atoms with van der Waals surface area (Å²) in [6.07, 6.45) is 3.00. The number of hydrogen-bond donors (Lipinski definition) is 0. The fourth-order valence-corrected chi connectivity index (χ4v) is 3.24. The number of nitrogens with zero attached hydrogens (tertiary/aromatic N) is 1. The lowest BCUT2D eigenvalue weighted by molar-refractivity contribution is -0.134. The molecule has 1 aliphatic heterocycles. The van der Waals surface area contributed by atoms with Crippen molar-refractivity contribution in [1.82, 2.24) is 4.90 Å². The molecule has 0 aromatic heterocycles. The average molecular weight is 330 g/mol. The van der Waals surface area contributed by atoms with E-state index in [9.17, 15) is 4.79 Å². The second-order valence-electron chi connectivity index (χ2n) is 5.79. The Hall–Kier alpha value is -2.00. The minimum Gasteiger partial charge on any atom is -0.482 e. The Morgan fingerprint density at radius 3 is 2.65 bits per heavy atom. The summed E-state index contributed by atoms with van der Waals surface area (Å²) >= 11 is 6.05. The van der Waals surface area contributed by atoms with Crippen LogP contribution in [-0.4, -0.2) is 30.0 Å². The highest BCUT2D eigenvalue weighted by atomic mass is 35.5. The Kier molecular flexibility index (Phi) is 5.19. The van der Waals surface area contributed by atoms with Crippen molar-refractivity contribution in [2.24, 2.45) is 0 Å². The quantitative estimate of drug-likeness (QED) is 0.831. The van der Waals surface area contributed by atoms with Gasteiger partial charge in [-0.25, -0.2) is 0 Å². The maximum Gasteiger partial charge on any atom is 0.260 e. The van der Waals surface area contributed by atoms with Crippen molar-refractivity contribution < 1.29 is 9.53 Å². The molecule has 1 atom stereocenters. The number of carbonyl (C=O) groups is 1. The van der Waals surface area contributed by atoms with Gasteiger partial charge in [-0.1, -0.05) is 54.1 Å². The van der Waals surface area contributed by atoms with Gasteiger partial charge in [-0.3, -0.25) is 4.79 Å². The van der Waals surface area contributed by atoms with Gasteiger partial charge in [0, 0.05) is 12.6 Å². The number of benzene rings is 2. The summed E-state index contributed by atoms with van der Waals surface area (Å²) in [7, 11) is 0. The molecule has 1 heterocycles. The number of likely N-dealkylation sites (tertiary alicyclic amines) is 1. The van der Waals surface area contributed by atoms with Crippen molar-refractivity contribution in [2.45, 2.75) is 25.3 Å². The fraction of sp³-hybridized carbons (Fsp3) is 0.316. The monoisotopic (exact) mass is 329 g/mol. The Bertz CT molecular complexity index is 659. The van der Waals surface area contributed by atoms with E-state index in [2.05, 4.69) is 12.1 Å². The number of para-hydroxylation sites is 1. The van der Waals surface area contributed by atoms with Crippen LogP contribution in [0.25, 0.3) is 0 Å². The lowest BCUT2D eigenvalue weighted by atomic mass is 10.0. The van der Waals surface area contributed by atoms with E-state index in [1.165, 1.54) is 5.56 Å². The highest BCUT2D eigenvalue weighted by Crippen LogP contribution is 2.24. The molecule has 0 spiro atoms. The minimum absolute atomic E-state index is 0.0309. The van der Waals surface area contributed by atoms with E-state index >= 15 is 0 Å². The van der Waals surface area contributed by atoms with Crippen LogP contribution in [0.4, 0.5) is 0 Å². The molecule has 1 unspecified atom stereocenters. The van der Waals surface area contributed by atoms with Crippen molar-refractivity contribution in [3.8, 4) is 5.75 Å². The molecule has 3 rings (SSSR count). The first-order valence-corrected chi connectivity index (χ1v) is 8.32. The summed E-state index contributed by atoms with van der Waals surface area (Å²) in [5.41, 5.74) is 1.27. The Morgan fingerprint density at radius 1 is 1.13 bits per heavy atom. The number of rotatable bonds is 5. The molecule has 2 aromatic carbocycles. The summed E-state index contributed by atoms with van der Waals surface area (Å²) in [4.78, 5) is 14.4. The van der Waals surface area contributed by atoms with Gasteiger partial charge in [0.15, 0.2) is 6.61 Å². The molecule has 1 saturated heterocycles. The maximum atomic E-state index is 12.5. The van der Waals surface area contributed by atoms with Gasteiger partial charge in [-0.2, -0.15) is 0 Å². The average Bonchev–Trinajstić information content (AvgIpc) is 3.03. The molecule has 0 saturated carbocycles.